The van der Waals surface area contributed by atoms with E-state index in [1.54, 1.807) is 23.9 Å². The summed E-state index contributed by atoms with van der Waals surface area (Å²) in [6.45, 7) is 3.88. The van der Waals surface area contributed by atoms with Crippen LogP contribution in [0.25, 0.3) is 0 Å². The first-order chi connectivity index (χ1) is 8.73. The van der Waals surface area contributed by atoms with E-state index in [4.69, 9.17) is 5.73 Å². The lowest BCUT2D eigenvalue weighted by Crippen LogP contribution is -2.31. The molecule has 0 aromatic heterocycles. The van der Waals surface area contributed by atoms with Gasteiger partial charge in [-0.2, -0.15) is 0 Å². The van der Waals surface area contributed by atoms with E-state index in [9.17, 15) is 14.7 Å². The van der Waals surface area contributed by atoms with Gasteiger partial charge in [0.05, 0.1) is 15.3 Å². The first-order valence-corrected chi connectivity index (χ1v) is 7.77. The monoisotopic (exact) mass is 345 g/mol. The molecule has 0 saturated carbocycles. The fraction of sp³-hybridized carbons (Fsp3) is 0.385. The summed E-state index contributed by atoms with van der Waals surface area (Å²) < 4.78 is 0.0298. The third-order valence-electron chi connectivity index (χ3n) is 3.01. The van der Waals surface area contributed by atoms with Gasteiger partial charge in [0.25, 0.3) is 0 Å². The van der Waals surface area contributed by atoms with Crippen LogP contribution in [-0.2, 0) is 5.41 Å². The van der Waals surface area contributed by atoms with Crippen molar-refractivity contribution in [2.45, 2.75) is 23.4 Å². The molecule has 1 atom stereocenters. The molecule has 0 aliphatic carbocycles. The number of aromatic carboxylic acids is 1. The van der Waals surface area contributed by atoms with Crippen molar-refractivity contribution < 1.29 is 14.7 Å². The number of hydrogen-bond donors (Lipinski definition) is 2. The molecule has 1 unspecified atom stereocenters. The van der Waals surface area contributed by atoms with Crippen molar-refractivity contribution in [1.82, 2.24) is 0 Å². The first kappa shape index (κ1) is 16.0. The number of carboxylic acids is 1. The molecule has 4 nitrogen and oxygen atoms in total. The lowest BCUT2D eigenvalue weighted by Gasteiger charge is -2.31. The SMILES string of the molecule is CSC(Br)C(C)(C)c1cccc(C(=O)O)c1C(N)=O. The average Bonchev–Trinajstić information content (AvgIpc) is 2.36. The fourth-order valence-electron chi connectivity index (χ4n) is 1.95. The molecule has 0 radical (unpaired) electrons. The number of alkyl halides is 1. The second-order valence-electron chi connectivity index (χ2n) is 4.67. The van der Waals surface area contributed by atoms with Crippen molar-refractivity contribution in [1.29, 1.82) is 0 Å². The number of benzene rings is 1. The number of hydrogen-bond acceptors (Lipinski definition) is 3. The summed E-state index contributed by atoms with van der Waals surface area (Å²) in [5, 5.41) is 9.18. The summed E-state index contributed by atoms with van der Waals surface area (Å²) in [6, 6.07) is 4.77. The minimum Gasteiger partial charge on any atom is -0.478 e. The largest absolute Gasteiger partial charge is 0.478 e. The van der Waals surface area contributed by atoms with Gasteiger partial charge in [0.15, 0.2) is 0 Å². The Labute approximate surface area is 124 Å². The third-order valence-corrected chi connectivity index (χ3v) is 6.28. The molecule has 0 aliphatic rings. The van der Waals surface area contributed by atoms with Gasteiger partial charge in [-0.1, -0.05) is 41.9 Å². The predicted octanol–water partition coefficient (Wildman–Crippen LogP) is 2.85. The van der Waals surface area contributed by atoms with E-state index in [1.807, 2.05) is 20.1 Å². The molecular formula is C13H16BrNO3S. The van der Waals surface area contributed by atoms with E-state index in [-0.39, 0.29) is 15.3 Å². The Hall–Kier alpha value is -1.01. The second-order valence-corrected chi connectivity index (χ2v) is 7.14. The van der Waals surface area contributed by atoms with Gasteiger partial charge >= 0.3 is 5.97 Å². The van der Waals surface area contributed by atoms with Crippen LogP contribution in [0.2, 0.25) is 0 Å². The van der Waals surface area contributed by atoms with E-state index in [2.05, 4.69) is 15.9 Å². The van der Waals surface area contributed by atoms with E-state index >= 15 is 0 Å². The Bertz CT molecular complexity index is 517. The topological polar surface area (TPSA) is 80.4 Å². The average molecular weight is 346 g/mol. The Morgan fingerprint density at radius 1 is 1.42 bits per heavy atom. The lowest BCUT2D eigenvalue weighted by atomic mass is 9.81. The van der Waals surface area contributed by atoms with E-state index in [0.29, 0.717) is 5.56 Å². The molecule has 3 N–H and O–H groups in total. The van der Waals surface area contributed by atoms with Gasteiger partial charge in [0.1, 0.15) is 0 Å². The van der Waals surface area contributed by atoms with Crippen LogP contribution in [0.15, 0.2) is 18.2 Å². The molecule has 1 rings (SSSR count). The number of amides is 1. The Kier molecular flexibility index (Phi) is 5.04. The molecule has 19 heavy (non-hydrogen) atoms. The van der Waals surface area contributed by atoms with Gasteiger partial charge in [0.2, 0.25) is 5.91 Å². The van der Waals surface area contributed by atoms with Crippen LogP contribution >= 0.6 is 27.7 Å². The van der Waals surface area contributed by atoms with Crippen LogP contribution in [0, 0.1) is 0 Å². The molecule has 1 aromatic rings. The number of rotatable bonds is 5. The fourth-order valence-corrected chi connectivity index (χ4v) is 2.91. The zero-order chi connectivity index (χ0) is 14.8. The van der Waals surface area contributed by atoms with Gasteiger partial charge in [0, 0.05) is 5.41 Å². The normalized spacial score (nSPS) is 13.1. The highest BCUT2D eigenvalue weighted by Crippen LogP contribution is 2.39. The first-order valence-electron chi connectivity index (χ1n) is 5.57. The van der Waals surface area contributed by atoms with Crippen LogP contribution in [0.3, 0.4) is 0 Å². The van der Waals surface area contributed by atoms with Gasteiger partial charge < -0.3 is 10.8 Å². The standard InChI is InChI=1S/C13H16BrNO3S/c1-13(2,12(14)19-3)8-6-4-5-7(11(17)18)9(8)10(15)16/h4-6,12H,1-3H3,(H2,15,16)(H,17,18). The Morgan fingerprint density at radius 2 is 2.00 bits per heavy atom. The van der Waals surface area contributed by atoms with Crippen LogP contribution in [-0.4, -0.2) is 27.4 Å². The van der Waals surface area contributed by atoms with E-state index in [0.717, 1.165) is 0 Å². The molecule has 6 heteroatoms. The quantitative estimate of drug-likeness (QED) is 0.804. The molecule has 0 heterocycles. The van der Waals surface area contributed by atoms with Gasteiger partial charge in [-0.25, -0.2) is 4.79 Å². The van der Waals surface area contributed by atoms with Crippen molar-refractivity contribution in [3.05, 3.63) is 34.9 Å². The van der Waals surface area contributed by atoms with Crippen LogP contribution in [0.4, 0.5) is 0 Å². The van der Waals surface area contributed by atoms with Gasteiger partial charge in [-0.15, -0.1) is 11.8 Å². The second kappa shape index (κ2) is 5.96. The maximum Gasteiger partial charge on any atom is 0.336 e. The minimum atomic E-state index is -1.15. The molecule has 0 spiro atoms. The number of carbonyl (C=O) groups excluding carboxylic acids is 1. The number of primary amides is 1. The summed E-state index contributed by atoms with van der Waals surface area (Å²) in [7, 11) is 0. The van der Waals surface area contributed by atoms with Gasteiger partial charge in [-0.3, -0.25) is 4.79 Å². The molecule has 0 aliphatic heterocycles. The van der Waals surface area contributed by atoms with E-state index < -0.39 is 17.3 Å². The Morgan fingerprint density at radius 3 is 2.42 bits per heavy atom. The summed E-state index contributed by atoms with van der Waals surface area (Å²) in [4.78, 5) is 22.9. The van der Waals surface area contributed by atoms with Crippen LogP contribution < -0.4 is 5.73 Å². The zero-order valence-corrected chi connectivity index (χ0v) is 13.3. The summed E-state index contributed by atoms with van der Waals surface area (Å²) >= 11 is 5.12. The van der Waals surface area contributed by atoms with Crippen LogP contribution in [0.5, 0.6) is 0 Å². The molecule has 0 fully saturated rings. The minimum absolute atomic E-state index is 0.0298. The highest BCUT2D eigenvalue weighted by Gasteiger charge is 2.34. The lowest BCUT2D eigenvalue weighted by molar-refractivity contribution is 0.0691. The van der Waals surface area contributed by atoms with Crippen molar-refractivity contribution in [3.63, 3.8) is 0 Å². The summed E-state index contributed by atoms with van der Waals surface area (Å²) in [5.74, 6) is -1.87. The smallest absolute Gasteiger partial charge is 0.336 e. The summed E-state index contributed by atoms with van der Waals surface area (Å²) in [5.41, 5.74) is 5.59. The molecule has 1 aromatic carbocycles. The molecule has 0 bridgehead atoms. The maximum atomic E-state index is 11.6. The maximum absolute atomic E-state index is 11.6. The van der Waals surface area contributed by atoms with Crippen molar-refractivity contribution in [3.8, 4) is 0 Å². The molecule has 0 saturated heterocycles. The zero-order valence-electron chi connectivity index (χ0n) is 10.9. The third kappa shape index (κ3) is 3.12. The number of carbonyl (C=O) groups is 2. The number of nitrogens with two attached hydrogens (primary N) is 1. The van der Waals surface area contributed by atoms with Crippen molar-refractivity contribution in [2.75, 3.05) is 6.26 Å². The van der Waals surface area contributed by atoms with Crippen molar-refractivity contribution >= 4 is 39.6 Å². The highest BCUT2D eigenvalue weighted by molar-refractivity contribution is 9.11. The number of halogens is 1. The van der Waals surface area contributed by atoms with Crippen molar-refractivity contribution in [2.24, 2.45) is 5.73 Å². The predicted molar refractivity (Wildman–Crippen MR) is 81.2 cm³/mol. The highest BCUT2D eigenvalue weighted by atomic mass is 79.9. The molecule has 104 valence electrons. The Balaban J connectivity index is 3.56. The number of carboxylic acid groups (broad SMARTS) is 1. The summed E-state index contributed by atoms with van der Waals surface area (Å²) in [6.07, 6.45) is 1.94. The van der Waals surface area contributed by atoms with E-state index in [1.165, 1.54) is 6.07 Å². The molecule has 1 amide bonds. The molecular weight excluding hydrogens is 330 g/mol. The van der Waals surface area contributed by atoms with Crippen LogP contribution in [0.1, 0.15) is 40.1 Å². The number of thioether (sulfide) groups is 1. The van der Waals surface area contributed by atoms with Gasteiger partial charge in [-0.05, 0) is 17.9 Å².